The van der Waals surface area contributed by atoms with Gasteiger partial charge in [-0.05, 0) is 42.0 Å². The van der Waals surface area contributed by atoms with E-state index in [1.807, 2.05) is 30.3 Å². The highest BCUT2D eigenvalue weighted by Crippen LogP contribution is 2.28. The van der Waals surface area contributed by atoms with E-state index in [2.05, 4.69) is 4.72 Å². The monoisotopic (exact) mass is 423 g/mol. The SMILES string of the molecule is O=C(CNS(=O)(=O)CC1CCCCC1)c1cc(-c2ccccc2)cc(Cl)c1F. The number of ketones is 1. The van der Waals surface area contributed by atoms with Gasteiger partial charge in [0.2, 0.25) is 10.0 Å². The predicted octanol–water partition coefficient (Wildman–Crippen LogP) is 4.83. The molecule has 1 N–H and O–H groups in total. The van der Waals surface area contributed by atoms with Gasteiger partial charge >= 0.3 is 0 Å². The molecule has 0 radical (unpaired) electrons. The van der Waals surface area contributed by atoms with Crippen molar-refractivity contribution >= 4 is 27.4 Å². The van der Waals surface area contributed by atoms with Gasteiger partial charge < -0.3 is 0 Å². The Morgan fingerprint density at radius 2 is 1.75 bits per heavy atom. The van der Waals surface area contributed by atoms with E-state index in [4.69, 9.17) is 11.6 Å². The second-order valence-electron chi connectivity index (χ2n) is 7.22. The van der Waals surface area contributed by atoms with Crippen LogP contribution in [-0.2, 0) is 10.0 Å². The first-order chi connectivity index (χ1) is 13.4. The molecule has 0 saturated heterocycles. The number of halogens is 2. The number of benzene rings is 2. The molecule has 1 fully saturated rings. The first kappa shape index (κ1) is 21.0. The van der Waals surface area contributed by atoms with Gasteiger partial charge in [0.25, 0.3) is 0 Å². The van der Waals surface area contributed by atoms with E-state index in [0.717, 1.165) is 37.7 Å². The normalized spacial score (nSPS) is 15.5. The summed E-state index contributed by atoms with van der Waals surface area (Å²) in [5.74, 6) is -1.36. The van der Waals surface area contributed by atoms with Crippen LogP contribution in [0.2, 0.25) is 5.02 Å². The van der Waals surface area contributed by atoms with Crippen LogP contribution in [0.5, 0.6) is 0 Å². The van der Waals surface area contributed by atoms with Crippen LogP contribution in [0.3, 0.4) is 0 Å². The zero-order chi connectivity index (χ0) is 20.1. The summed E-state index contributed by atoms with van der Waals surface area (Å²) in [5, 5.41) is -0.172. The Labute approximate surface area is 170 Å². The van der Waals surface area contributed by atoms with Crippen molar-refractivity contribution in [1.29, 1.82) is 0 Å². The lowest BCUT2D eigenvalue weighted by Gasteiger charge is -2.21. The number of nitrogens with one attached hydrogen (secondary N) is 1. The number of sulfonamides is 1. The second-order valence-corrected chi connectivity index (χ2v) is 9.47. The molecule has 3 rings (SSSR count). The van der Waals surface area contributed by atoms with Crippen LogP contribution in [0.15, 0.2) is 42.5 Å². The number of hydrogen-bond donors (Lipinski definition) is 1. The van der Waals surface area contributed by atoms with Gasteiger partial charge in [0.15, 0.2) is 11.6 Å². The van der Waals surface area contributed by atoms with Gasteiger partial charge in [0.1, 0.15) is 0 Å². The zero-order valence-electron chi connectivity index (χ0n) is 15.5. The van der Waals surface area contributed by atoms with Gasteiger partial charge in [-0.15, -0.1) is 0 Å². The third-order valence-electron chi connectivity index (χ3n) is 5.07. The number of rotatable bonds is 7. The molecule has 2 aromatic carbocycles. The summed E-state index contributed by atoms with van der Waals surface area (Å²) in [7, 11) is -3.60. The van der Waals surface area contributed by atoms with Crippen molar-refractivity contribution in [2.45, 2.75) is 32.1 Å². The highest BCUT2D eigenvalue weighted by molar-refractivity contribution is 7.89. The lowest BCUT2D eigenvalue weighted by Crippen LogP contribution is -2.34. The molecule has 1 saturated carbocycles. The minimum absolute atomic E-state index is 0.00751. The van der Waals surface area contributed by atoms with Crippen molar-refractivity contribution in [2.75, 3.05) is 12.3 Å². The summed E-state index contributed by atoms with van der Waals surface area (Å²) < 4.78 is 41.3. The fraction of sp³-hybridized carbons (Fsp3) is 0.381. The average molecular weight is 424 g/mol. The summed E-state index contributed by atoms with van der Waals surface area (Å²) in [6.45, 7) is -0.486. The van der Waals surface area contributed by atoms with Crippen LogP contribution in [0.4, 0.5) is 4.39 Å². The molecule has 0 unspecified atom stereocenters. The van der Waals surface area contributed by atoms with Crippen LogP contribution in [0.1, 0.15) is 42.5 Å². The van der Waals surface area contributed by atoms with Crippen LogP contribution in [0.25, 0.3) is 11.1 Å². The lowest BCUT2D eigenvalue weighted by molar-refractivity contribution is 0.0993. The molecule has 0 spiro atoms. The maximum atomic E-state index is 14.4. The molecule has 0 heterocycles. The number of carbonyl (C=O) groups excluding carboxylic acids is 1. The number of hydrogen-bond acceptors (Lipinski definition) is 3. The Hall–Kier alpha value is -1.76. The summed E-state index contributed by atoms with van der Waals surface area (Å²) in [6.07, 6.45) is 4.99. The lowest BCUT2D eigenvalue weighted by atomic mass is 9.91. The number of carbonyl (C=O) groups is 1. The molecule has 0 bridgehead atoms. The van der Waals surface area contributed by atoms with Gasteiger partial charge in [0, 0.05) is 0 Å². The van der Waals surface area contributed by atoms with Gasteiger partial charge in [-0.3, -0.25) is 4.79 Å². The maximum Gasteiger partial charge on any atom is 0.212 e. The van der Waals surface area contributed by atoms with Gasteiger partial charge in [0.05, 0.1) is 22.9 Å². The quantitative estimate of drug-likeness (QED) is 0.649. The maximum absolute atomic E-state index is 14.4. The molecule has 0 aromatic heterocycles. The summed E-state index contributed by atoms with van der Waals surface area (Å²) in [5.41, 5.74) is 1.17. The Balaban J connectivity index is 1.72. The van der Waals surface area contributed by atoms with E-state index in [0.29, 0.717) is 5.56 Å². The summed E-state index contributed by atoms with van der Waals surface area (Å²) >= 11 is 5.97. The first-order valence-corrected chi connectivity index (χ1v) is 11.4. The molecule has 0 aliphatic heterocycles. The van der Waals surface area contributed by atoms with E-state index < -0.39 is 28.2 Å². The molecule has 1 aliphatic rings. The summed E-state index contributed by atoms with van der Waals surface area (Å²) in [4.78, 5) is 12.5. The van der Waals surface area contributed by atoms with E-state index >= 15 is 0 Å². The second kappa shape index (κ2) is 9.16. The molecule has 4 nitrogen and oxygen atoms in total. The van der Waals surface area contributed by atoms with Crippen LogP contribution < -0.4 is 4.72 Å². The molecule has 0 atom stereocenters. The van der Waals surface area contributed by atoms with E-state index in [1.54, 1.807) is 0 Å². The Morgan fingerprint density at radius 3 is 2.43 bits per heavy atom. The van der Waals surface area contributed by atoms with E-state index in [-0.39, 0.29) is 22.3 Å². The third kappa shape index (κ3) is 5.40. The highest BCUT2D eigenvalue weighted by Gasteiger charge is 2.23. The van der Waals surface area contributed by atoms with Crippen molar-refractivity contribution in [3.63, 3.8) is 0 Å². The Bertz CT molecular complexity index is 942. The Morgan fingerprint density at radius 1 is 1.07 bits per heavy atom. The molecule has 7 heteroatoms. The van der Waals surface area contributed by atoms with Gasteiger partial charge in [-0.25, -0.2) is 17.5 Å². The Kier molecular flexibility index (Phi) is 6.86. The summed E-state index contributed by atoms with van der Waals surface area (Å²) in [6, 6.07) is 12.0. The van der Waals surface area contributed by atoms with Gasteiger partial charge in [-0.1, -0.05) is 61.2 Å². The fourth-order valence-corrected chi connectivity index (χ4v) is 5.23. The fourth-order valence-electron chi connectivity index (χ4n) is 3.58. The van der Waals surface area contributed by atoms with Crippen molar-refractivity contribution in [2.24, 2.45) is 5.92 Å². The van der Waals surface area contributed by atoms with E-state index in [1.165, 1.54) is 12.1 Å². The minimum Gasteiger partial charge on any atom is -0.293 e. The first-order valence-electron chi connectivity index (χ1n) is 9.41. The predicted molar refractivity (Wildman–Crippen MR) is 110 cm³/mol. The third-order valence-corrected chi connectivity index (χ3v) is 6.84. The van der Waals surface area contributed by atoms with Gasteiger partial charge in [-0.2, -0.15) is 0 Å². The average Bonchev–Trinajstić information content (AvgIpc) is 2.69. The number of Topliss-reactive ketones (excluding diaryl/α,β-unsaturated/α-hetero) is 1. The smallest absolute Gasteiger partial charge is 0.212 e. The van der Waals surface area contributed by atoms with E-state index in [9.17, 15) is 17.6 Å². The largest absolute Gasteiger partial charge is 0.293 e. The van der Waals surface area contributed by atoms with Crippen molar-refractivity contribution in [1.82, 2.24) is 4.72 Å². The van der Waals surface area contributed by atoms with Crippen LogP contribution in [-0.4, -0.2) is 26.5 Å². The van der Waals surface area contributed by atoms with Crippen LogP contribution in [0, 0.1) is 11.7 Å². The van der Waals surface area contributed by atoms with Crippen LogP contribution >= 0.6 is 11.6 Å². The molecular formula is C21H23ClFNO3S. The topological polar surface area (TPSA) is 63.2 Å². The van der Waals surface area contributed by atoms with Crippen molar-refractivity contribution in [3.8, 4) is 11.1 Å². The molecule has 150 valence electrons. The zero-order valence-corrected chi connectivity index (χ0v) is 17.0. The minimum atomic E-state index is -3.60. The standard InChI is InChI=1S/C21H23ClFNO3S/c22-19-12-17(16-9-5-2-6-10-16)11-18(21(19)23)20(25)13-24-28(26,27)14-15-7-3-1-4-8-15/h2,5-6,9-12,15,24H,1,3-4,7-8,13-14H2. The molecule has 0 amide bonds. The molecular weight excluding hydrogens is 401 g/mol. The van der Waals surface area contributed by atoms with Crippen molar-refractivity contribution in [3.05, 3.63) is 58.9 Å². The van der Waals surface area contributed by atoms with Crippen molar-refractivity contribution < 1.29 is 17.6 Å². The highest BCUT2D eigenvalue weighted by atomic mass is 35.5. The molecule has 1 aliphatic carbocycles. The molecule has 28 heavy (non-hydrogen) atoms. The molecule has 2 aromatic rings.